The van der Waals surface area contributed by atoms with E-state index in [2.05, 4.69) is 0 Å². The molecule has 4 nitrogen and oxygen atoms in total. The van der Waals surface area contributed by atoms with Crippen molar-refractivity contribution in [1.82, 2.24) is 4.90 Å². The number of carbonyl (C=O) groups is 1. The smallest absolute Gasteiger partial charge is 0.256 e. The van der Waals surface area contributed by atoms with Gasteiger partial charge in [0.25, 0.3) is 5.91 Å². The zero-order valence-corrected chi connectivity index (χ0v) is 12.4. The van der Waals surface area contributed by atoms with E-state index in [9.17, 15) is 4.79 Å². The number of nitrogens with two attached hydrogens (primary N) is 1. The highest BCUT2D eigenvalue weighted by atomic mass is 35.5. The predicted molar refractivity (Wildman–Crippen MR) is 78.5 cm³/mol. The van der Waals surface area contributed by atoms with Gasteiger partial charge in [-0.3, -0.25) is 4.79 Å². The van der Waals surface area contributed by atoms with E-state index in [0.29, 0.717) is 29.4 Å². The molecule has 0 bridgehead atoms. The number of nitrogen functional groups attached to an aromatic ring is 1. The number of anilines is 1. The summed E-state index contributed by atoms with van der Waals surface area (Å²) >= 11 is 5.96. The molecule has 0 heterocycles. The first kappa shape index (κ1) is 15.8. The summed E-state index contributed by atoms with van der Waals surface area (Å²) in [4.78, 5) is 14.3. The maximum absolute atomic E-state index is 12.6. The number of amides is 1. The molecule has 0 spiro atoms. The molecule has 1 unspecified atom stereocenters. The molecule has 106 valence electrons. The van der Waals surface area contributed by atoms with Crippen molar-refractivity contribution in [3.8, 4) is 0 Å². The summed E-state index contributed by atoms with van der Waals surface area (Å²) in [6, 6.07) is 5.24. The number of para-hydroxylation sites is 1. The highest BCUT2D eigenvalue weighted by Crippen LogP contribution is 2.24. The minimum atomic E-state index is -0.105. The van der Waals surface area contributed by atoms with Crippen molar-refractivity contribution in [2.45, 2.75) is 26.3 Å². The van der Waals surface area contributed by atoms with Gasteiger partial charge in [0.05, 0.1) is 22.9 Å². The van der Waals surface area contributed by atoms with E-state index < -0.39 is 0 Å². The van der Waals surface area contributed by atoms with Gasteiger partial charge >= 0.3 is 0 Å². The summed E-state index contributed by atoms with van der Waals surface area (Å²) in [6.45, 7) is 5.08. The summed E-state index contributed by atoms with van der Waals surface area (Å²) in [5.41, 5.74) is 6.66. The first-order valence-corrected chi connectivity index (χ1v) is 6.74. The van der Waals surface area contributed by atoms with E-state index in [0.717, 1.165) is 6.42 Å². The van der Waals surface area contributed by atoms with Gasteiger partial charge in [-0.05, 0) is 25.5 Å². The molecule has 1 aromatic carbocycles. The van der Waals surface area contributed by atoms with Crippen LogP contribution in [0.15, 0.2) is 18.2 Å². The van der Waals surface area contributed by atoms with E-state index in [1.807, 2.05) is 13.8 Å². The van der Waals surface area contributed by atoms with Crippen LogP contribution in [0.3, 0.4) is 0 Å². The summed E-state index contributed by atoms with van der Waals surface area (Å²) in [7, 11) is 1.62. The molecule has 1 rings (SSSR count). The average Bonchev–Trinajstić information content (AvgIpc) is 2.41. The average molecular weight is 285 g/mol. The highest BCUT2D eigenvalue weighted by Gasteiger charge is 2.22. The van der Waals surface area contributed by atoms with Crippen LogP contribution in [-0.4, -0.2) is 37.1 Å². The lowest BCUT2D eigenvalue weighted by Crippen LogP contribution is -2.40. The number of benzene rings is 1. The number of rotatable bonds is 6. The fraction of sp³-hybridized carbons (Fsp3) is 0.500. The van der Waals surface area contributed by atoms with Crippen LogP contribution in [0.5, 0.6) is 0 Å². The van der Waals surface area contributed by atoms with Crippen LogP contribution < -0.4 is 5.73 Å². The van der Waals surface area contributed by atoms with Crippen molar-refractivity contribution in [3.63, 3.8) is 0 Å². The fourth-order valence-electron chi connectivity index (χ4n) is 1.81. The third-order valence-corrected chi connectivity index (χ3v) is 3.53. The van der Waals surface area contributed by atoms with Gasteiger partial charge in [-0.15, -0.1) is 0 Å². The SMILES string of the molecule is CCC(C)N(CCOC)C(=O)c1cccc(Cl)c1N. The largest absolute Gasteiger partial charge is 0.397 e. The van der Waals surface area contributed by atoms with Gasteiger partial charge in [0, 0.05) is 19.7 Å². The zero-order valence-electron chi connectivity index (χ0n) is 11.6. The van der Waals surface area contributed by atoms with Crippen LogP contribution in [0.4, 0.5) is 5.69 Å². The van der Waals surface area contributed by atoms with Crippen molar-refractivity contribution < 1.29 is 9.53 Å². The van der Waals surface area contributed by atoms with Crippen molar-refractivity contribution in [3.05, 3.63) is 28.8 Å². The Hall–Kier alpha value is -1.26. The van der Waals surface area contributed by atoms with Gasteiger partial charge < -0.3 is 15.4 Å². The van der Waals surface area contributed by atoms with Gasteiger partial charge in [-0.25, -0.2) is 0 Å². The molecule has 0 aliphatic rings. The normalized spacial score (nSPS) is 12.2. The molecule has 0 saturated heterocycles. The van der Waals surface area contributed by atoms with Crippen LogP contribution >= 0.6 is 11.6 Å². The van der Waals surface area contributed by atoms with E-state index in [1.165, 1.54) is 0 Å². The first-order valence-electron chi connectivity index (χ1n) is 6.36. The van der Waals surface area contributed by atoms with Crippen molar-refractivity contribution in [1.29, 1.82) is 0 Å². The molecule has 0 saturated carbocycles. The Morgan fingerprint density at radius 3 is 2.79 bits per heavy atom. The Kier molecular flexibility index (Phi) is 6.12. The summed E-state index contributed by atoms with van der Waals surface area (Å²) < 4.78 is 5.06. The third-order valence-electron chi connectivity index (χ3n) is 3.20. The topological polar surface area (TPSA) is 55.6 Å². The van der Waals surface area contributed by atoms with Crippen LogP contribution in [0.25, 0.3) is 0 Å². The highest BCUT2D eigenvalue weighted by molar-refractivity contribution is 6.33. The summed E-state index contributed by atoms with van der Waals surface area (Å²) in [6.07, 6.45) is 0.871. The minimum absolute atomic E-state index is 0.105. The van der Waals surface area contributed by atoms with E-state index in [4.69, 9.17) is 22.1 Å². The van der Waals surface area contributed by atoms with Crippen LogP contribution in [-0.2, 0) is 4.74 Å². The van der Waals surface area contributed by atoms with Crippen molar-refractivity contribution in [2.24, 2.45) is 0 Å². The lowest BCUT2D eigenvalue weighted by molar-refractivity contribution is 0.0615. The summed E-state index contributed by atoms with van der Waals surface area (Å²) in [5, 5.41) is 0.404. The molecule has 2 N–H and O–H groups in total. The maximum Gasteiger partial charge on any atom is 0.256 e. The third kappa shape index (κ3) is 3.85. The lowest BCUT2D eigenvalue weighted by Gasteiger charge is -2.29. The molecule has 1 amide bonds. The van der Waals surface area contributed by atoms with Gasteiger partial charge in [0.1, 0.15) is 0 Å². The van der Waals surface area contributed by atoms with E-state index >= 15 is 0 Å². The van der Waals surface area contributed by atoms with Gasteiger partial charge in [0.2, 0.25) is 0 Å². The number of hydrogen-bond donors (Lipinski definition) is 1. The van der Waals surface area contributed by atoms with Crippen LogP contribution in [0.2, 0.25) is 5.02 Å². The second-order valence-electron chi connectivity index (χ2n) is 4.45. The van der Waals surface area contributed by atoms with E-state index in [1.54, 1.807) is 30.2 Å². The van der Waals surface area contributed by atoms with E-state index in [-0.39, 0.29) is 11.9 Å². The molecular weight excluding hydrogens is 264 g/mol. The van der Waals surface area contributed by atoms with Crippen LogP contribution in [0.1, 0.15) is 30.6 Å². The van der Waals surface area contributed by atoms with Crippen molar-refractivity contribution >= 4 is 23.2 Å². The molecule has 5 heteroatoms. The Labute approximate surface area is 119 Å². The predicted octanol–water partition coefficient (Wildman–Crippen LogP) is 2.81. The second-order valence-corrected chi connectivity index (χ2v) is 4.86. The minimum Gasteiger partial charge on any atom is -0.397 e. The number of halogens is 1. The second kappa shape index (κ2) is 7.36. The zero-order chi connectivity index (χ0) is 14.4. The van der Waals surface area contributed by atoms with Gasteiger partial charge in [-0.2, -0.15) is 0 Å². The molecule has 0 radical (unpaired) electrons. The number of nitrogens with zero attached hydrogens (tertiary/aromatic N) is 1. The first-order chi connectivity index (χ1) is 9.02. The maximum atomic E-state index is 12.6. The molecule has 0 aromatic heterocycles. The number of methoxy groups -OCH3 is 1. The molecule has 19 heavy (non-hydrogen) atoms. The molecule has 0 fully saturated rings. The molecule has 0 aliphatic heterocycles. The monoisotopic (exact) mass is 284 g/mol. The molecular formula is C14H21ClN2O2. The number of ether oxygens (including phenoxy) is 1. The van der Waals surface area contributed by atoms with Crippen molar-refractivity contribution in [2.75, 3.05) is 26.0 Å². The fourth-order valence-corrected chi connectivity index (χ4v) is 1.98. The summed E-state index contributed by atoms with van der Waals surface area (Å²) in [5.74, 6) is -0.105. The standard InChI is InChI=1S/C14H21ClN2O2/c1-4-10(2)17(8-9-19-3)14(18)11-6-5-7-12(15)13(11)16/h5-7,10H,4,8-9,16H2,1-3H3. The number of carbonyl (C=O) groups excluding carboxylic acids is 1. The Balaban J connectivity index is 3.01. The molecule has 1 aromatic rings. The lowest BCUT2D eigenvalue weighted by atomic mass is 10.1. The van der Waals surface area contributed by atoms with Crippen LogP contribution in [0, 0.1) is 0 Å². The molecule has 0 aliphatic carbocycles. The Bertz CT molecular complexity index is 437. The van der Waals surface area contributed by atoms with Gasteiger partial charge in [0.15, 0.2) is 0 Å². The Morgan fingerprint density at radius 2 is 2.21 bits per heavy atom. The number of hydrogen-bond acceptors (Lipinski definition) is 3. The Morgan fingerprint density at radius 1 is 1.53 bits per heavy atom. The van der Waals surface area contributed by atoms with Gasteiger partial charge in [-0.1, -0.05) is 24.6 Å². The molecule has 1 atom stereocenters. The quantitative estimate of drug-likeness (QED) is 0.817.